The van der Waals surface area contributed by atoms with Crippen LogP contribution < -0.4 is 0 Å². The van der Waals surface area contributed by atoms with E-state index in [0.717, 1.165) is 11.1 Å². The third kappa shape index (κ3) is 2.23. The Kier molecular flexibility index (Phi) is 3.33. The van der Waals surface area contributed by atoms with Gasteiger partial charge in [-0.3, -0.25) is 4.79 Å². The normalized spacial score (nSPS) is 21.1. The van der Waals surface area contributed by atoms with Crippen molar-refractivity contribution in [2.24, 2.45) is 11.1 Å². The van der Waals surface area contributed by atoms with E-state index in [0.29, 0.717) is 5.71 Å². The molecule has 3 heteroatoms. The van der Waals surface area contributed by atoms with Crippen LogP contribution in [0.15, 0.2) is 65.8 Å². The van der Waals surface area contributed by atoms with Crippen molar-refractivity contribution in [1.29, 1.82) is 0 Å². The van der Waals surface area contributed by atoms with Crippen molar-refractivity contribution in [3.63, 3.8) is 0 Å². The van der Waals surface area contributed by atoms with Gasteiger partial charge in [0.15, 0.2) is 6.10 Å². The van der Waals surface area contributed by atoms with E-state index in [-0.39, 0.29) is 17.8 Å². The molecule has 3 nitrogen and oxygen atoms in total. The van der Waals surface area contributed by atoms with E-state index in [4.69, 9.17) is 4.84 Å². The number of rotatable bonds is 3. The summed E-state index contributed by atoms with van der Waals surface area (Å²) in [5.74, 6) is -0.279. The van der Waals surface area contributed by atoms with Gasteiger partial charge in [-0.15, -0.1) is 0 Å². The molecule has 0 saturated carbocycles. The molecule has 0 saturated heterocycles. The van der Waals surface area contributed by atoms with Gasteiger partial charge in [-0.25, -0.2) is 0 Å². The van der Waals surface area contributed by atoms with Gasteiger partial charge in [0.2, 0.25) is 0 Å². The molecule has 2 aromatic carbocycles. The fraction of sp³-hybridized carbons (Fsp3) is 0.176. The Balaban J connectivity index is 1.97. The minimum absolute atomic E-state index is 0.0685. The van der Waals surface area contributed by atoms with Crippen LogP contribution in [0.25, 0.3) is 0 Å². The van der Waals surface area contributed by atoms with Gasteiger partial charge in [0.25, 0.3) is 0 Å². The fourth-order valence-corrected chi connectivity index (χ4v) is 2.52. The number of Topliss-reactive ketones (excluding diaryl/α,β-unsaturated/α-hetero) is 1. The van der Waals surface area contributed by atoms with Crippen LogP contribution in [0.3, 0.4) is 0 Å². The zero-order chi connectivity index (χ0) is 13.9. The summed E-state index contributed by atoms with van der Waals surface area (Å²) in [7, 11) is 0. The van der Waals surface area contributed by atoms with Crippen molar-refractivity contribution in [1.82, 2.24) is 0 Å². The summed E-state index contributed by atoms with van der Waals surface area (Å²) < 4.78 is 0. The summed E-state index contributed by atoms with van der Waals surface area (Å²) in [6.07, 6.45) is -0.330. The standard InChI is InChI=1S/C17H15NO2/c1-12(19)15-16(13-8-4-2-5-9-13)18-20-17(15)14-10-6-3-7-11-14/h2-11,15,17H,1H3. The molecule has 20 heavy (non-hydrogen) atoms. The summed E-state index contributed by atoms with van der Waals surface area (Å²) in [5.41, 5.74) is 2.63. The van der Waals surface area contributed by atoms with Crippen LogP contribution in [0.2, 0.25) is 0 Å². The van der Waals surface area contributed by atoms with Gasteiger partial charge in [0.05, 0.1) is 0 Å². The summed E-state index contributed by atoms with van der Waals surface area (Å²) >= 11 is 0. The first-order chi connectivity index (χ1) is 9.77. The third-order valence-corrected chi connectivity index (χ3v) is 3.50. The van der Waals surface area contributed by atoms with Crippen molar-refractivity contribution in [3.8, 4) is 0 Å². The Morgan fingerprint density at radius 3 is 2.20 bits per heavy atom. The van der Waals surface area contributed by atoms with Gasteiger partial charge in [-0.05, 0) is 12.5 Å². The van der Waals surface area contributed by atoms with Gasteiger partial charge in [-0.1, -0.05) is 65.8 Å². The molecule has 1 aliphatic rings. The Morgan fingerprint density at radius 2 is 1.60 bits per heavy atom. The second-order valence-corrected chi connectivity index (χ2v) is 4.87. The van der Waals surface area contributed by atoms with E-state index >= 15 is 0 Å². The molecule has 0 spiro atoms. The molecule has 3 rings (SSSR count). The molecule has 100 valence electrons. The highest BCUT2D eigenvalue weighted by Crippen LogP contribution is 2.35. The van der Waals surface area contributed by atoms with Crippen LogP contribution in [-0.4, -0.2) is 11.5 Å². The zero-order valence-corrected chi connectivity index (χ0v) is 11.2. The summed E-state index contributed by atoms with van der Waals surface area (Å²) in [6, 6.07) is 19.5. The van der Waals surface area contributed by atoms with E-state index in [1.54, 1.807) is 6.92 Å². The lowest BCUT2D eigenvalue weighted by molar-refractivity contribution is -0.121. The molecule has 2 aromatic rings. The van der Waals surface area contributed by atoms with Crippen molar-refractivity contribution in [2.75, 3.05) is 0 Å². The van der Waals surface area contributed by atoms with Crippen LogP contribution in [0, 0.1) is 5.92 Å². The first-order valence-corrected chi connectivity index (χ1v) is 6.62. The Labute approximate surface area is 117 Å². The lowest BCUT2D eigenvalue weighted by Crippen LogP contribution is -2.25. The van der Waals surface area contributed by atoms with Crippen LogP contribution in [0.1, 0.15) is 24.2 Å². The summed E-state index contributed by atoms with van der Waals surface area (Å²) in [5, 5.41) is 4.16. The molecule has 0 bridgehead atoms. The molecule has 2 unspecified atom stereocenters. The molecular weight excluding hydrogens is 250 g/mol. The summed E-state index contributed by atoms with van der Waals surface area (Å²) in [4.78, 5) is 17.6. The number of hydrogen-bond acceptors (Lipinski definition) is 3. The fourth-order valence-electron chi connectivity index (χ4n) is 2.52. The Morgan fingerprint density at radius 1 is 1.00 bits per heavy atom. The van der Waals surface area contributed by atoms with Crippen LogP contribution in [-0.2, 0) is 9.63 Å². The second-order valence-electron chi connectivity index (χ2n) is 4.87. The molecule has 0 aliphatic carbocycles. The number of nitrogens with zero attached hydrogens (tertiary/aromatic N) is 1. The number of hydrogen-bond donors (Lipinski definition) is 0. The molecule has 1 aliphatic heterocycles. The van der Waals surface area contributed by atoms with Crippen molar-refractivity contribution >= 4 is 11.5 Å². The van der Waals surface area contributed by atoms with Crippen LogP contribution >= 0.6 is 0 Å². The van der Waals surface area contributed by atoms with E-state index in [2.05, 4.69) is 5.16 Å². The van der Waals surface area contributed by atoms with Crippen LogP contribution in [0.5, 0.6) is 0 Å². The maximum Gasteiger partial charge on any atom is 0.168 e. The molecule has 0 amide bonds. The quantitative estimate of drug-likeness (QED) is 0.853. The smallest absolute Gasteiger partial charge is 0.168 e. The highest BCUT2D eigenvalue weighted by Gasteiger charge is 2.39. The molecule has 0 N–H and O–H groups in total. The first-order valence-electron chi connectivity index (χ1n) is 6.62. The minimum Gasteiger partial charge on any atom is -0.386 e. The largest absolute Gasteiger partial charge is 0.386 e. The predicted octanol–water partition coefficient (Wildman–Crippen LogP) is 3.37. The number of carbonyl (C=O) groups is 1. The first kappa shape index (κ1) is 12.6. The number of carbonyl (C=O) groups excluding carboxylic acids is 1. The van der Waals surface area contributed by atoms with Crippen molar-refractivity contribution < 1.29 is 9.63 Å². The van der Waals surface area contributed by atoms with E-state index in [1.165, 1.54) is 0 Å². The molecule has 0 radical (unpaired) electrons. The lowest BCUT2D eigenvalue weighted by Gasteiger charge is -2.16. The Hall–Kier alpha value is -2.42. The van der Waals surface area contributed by atoms with Crippen molar-refractivity contribution in [3.05, 3.63) is 71.8 Å². The van der Waals surface area contributed by atoms with E-state index in [9.17, 15) is 4.79 Å². The van der Waals surface area contributed by atoms with Crippen LogP contribution in [0.4, 0.5) is 0 Å². The molecule has 1 heterocycles. The van der Waals surface area contributed by atoms with Gasteiger partial charge in [0.1, 0.15) is 17.4 Å². The monoisotopic (exact) mass is 265 g/mol. The summed E-state index contributed by atoms with van der Waals surface area (Å²) in [6.45, 7) is 1.59. The highest BCUT2D eigenvalue weighted by molar-refractivity contribution is 6.14. The number of ketones is 1. The molecule has 0 fully saturated rings. The van der Waals surface area contributed by atoms with Gasteiger partial charge < -0.3 is 4.84 Å². The van der Waals surface area contributed by atoms with E-state index < -0.39 is 0 Å². The zero-order valence-electron chi connectivity index (χ0n) is 11.2. The topological polar surface area (TPSA) is 38.7 Å². The van der Waals surface area contributed by atoms with Gasteiger partial charge in [-0.2, -0.15) is 0 Å². The van der Waals surface area contributed by atoms with E-state index in [1.807, 2.05) is 60.7 Å². The van der Waals surface area contributed by atoms with Gasteiger partial charge in [0, 0.05) is 5.56 Å². The molecule has 2 atom stereocenters. The average molecular weight is 265 g/mol. The molecule has 0 aromatic heterocycles. The maximum absolute atomic E-state index is 12.1. The average Bonchev–Trinajstić information content (AvgIpc) is 2.94. The third-order valence-electron chi connectivity index (χ3n) is 3.50. The minimum atomic E-state index is -0.347. The number of benzene rings is 2. The number of oxime groups is 1. The predicted molar refractivity (Wildman–Crippen MR) is 77.4 cm³/mol. The SMILES string of the molecule is CC(=O)C1C(c2ccccc2)=NOC1c1ccccc1. The maximum atomic E-state index is 12.1. The highest BCUT2D eigenvalue weighted by atomic mass is 16.6. The molecular formula is C17H15NO2. The lowest BCUT2D eigenvalue weighted by atomic mass is 9.86. The van der Waals surface area contributed by atoms with Crippen molar-refractivity contribution in [2.45, 2.75) is 13.0 Å². The second kappa shape index (κ2) is 5.29. The van der Waals surface area contributed by atoms with Gasteiger partial charge >= 0.3 is 0 Å². The Bertz CT molecular complexity index is 635.